The molecule has 0 aliphatic rings. The van der Waals surface area contributed by atoms with E-state index in [1.54, 1.807) is 18.2 Å². The molecular formula is C20H14BrClN2O2. The van der Waals surface area contributed by atoms with Crippen molar-refractivity contribution in [1.29, 1.82) is 5.26 Å². The molecule has 0 aliphatic carbocycles. The van der Waals surface area contributed by atoms with Crippen molar-refractivity contribution in [3.8, 4) is 24.2 Å². The highest BCUT2D eigenvalue weighted by molar-refractivity contribution is 9.10. The summed E-state index contributed by atoms with van der Waals surface area (Å²) in [5, 5.41) is 12.4. The highest BCUT2D eigenvalue weighted by Gasteiger charge is 2.13. The molecule has 0 aromatic heterocycles. The van der Waals surface area contributed by atoms with Crippen LogP contribution in [0.1, 0.15) is 11.1 Å². The van der Waals surface area contributed by atoms with Gasteiger partial charge in [0.25, 0.3) is 5.91 Å². The third-order valence-electron chi connectivity index (χ3n) is 3.39. The highest BCUT2D eigenvalue weighted by atomic mass is 79.9. The van der Waals surface area contributed by atoms with Gasteiger partial charge in [0.05, 0.1) is 9.50 Å². The fraction of sp³-hybridized carbons (Fsp3) is 0.100. The summed E-state index contributed by atoms with van der Waals surface area (Å²) in [6.45, 7) is 1.95. The molecule has 0 unspecified atom stereocenters. The second-order valence-corrected chi connectivity index (χ2v) is 6.51. The van der Waals surface area contributed by atoms with E-state index >= 15 is 0 Å². The zero-order valence-corrected chi connectivity index (χ0v) is 16.2. The molecule has 2 aromatic carbocycles. The van der Waals surface area contributed by atoms with Crippen LogP contribution in [0.4, 0.5) is 5.69 Å². The zero-order valence-electron chi connectivity index (χ0n) is 13.8. The summed E-state index contributed by atoms with van der Waals surface area (Å²) in [6.07, 6.45) is 6.63. The van der Waals surface area contributed by atoms with Gasteiger partial charge in [-0.2, -0.15) is 5.26 Å². The van der Waals surface area contributed by atoms with Crippen LogP contribution in [-0.2, 0) is 4.79 Å². The number of nitriles is 1. The van der Waals surface area contributed by atoms with Crippen LogP contribution in [0.15, 0.2) is 46.4 Å². The van der Waals surface area contributed by atoms with Crippen LogP contribution >= 0.6 is 27.5 Å². The first-order chi connectivity index (χ1) is 12.5. The fourth-order valence-electron chi connectivity index (χ4n) is 2.13. The topological polar surface area (TPSA) is 62.1 Å². The van der Waals surface area contributed by atoms with Gasteiger partial charge in [0, 0.05) is 5.69 Å². The summed E-state index contributed by atoms with van der Waals surface area (Å²) < 4.78 is 5.94. The van der Waals surface area contributed by atoms with E-state index in [4.69, 9.17) is 22.8 Å². The quantitative estimate of drug-likeness (QED) is 0.415. The third-order valence-corrected chi connectivity index (χ3v) is 4.26. The Bertz CT molecular complexity index is 932. The van der Waals surface area contributed by atoms with Gasteiger partial charge >= 0.3 is 0 Å². The Hall–Kier alpha value is -2.73. The number of carbonyl (C=O) groups is 1. The maximum Gasteiger partial charge on any atom is 0.266 e. The van der Waals surface area contributed by atoms with Crippen molar-refractivity contribution in [3.05, 3.63) is 62.6 Å². The number of terminal acetylenes is 1. The van der Waals surface area contributed by atoms with Gasteiger partial charge in [0.1, 0.15) is 18.2 Å². The lowest BCUT2D eigenvalue weighted by Crippen LogP contribution is -2.14. The third kappa shape index (κ3) is 4.89. The van der Waals surface area contributed by atoms with E-state index in [1.807, 2.05) is 31.2 Å². The predicted molar refractivity (Wildman–Crippen MR) is 107 cm³/mol. The number of nitrogens with one attached hydrogen (secondary N) is 1. The number of ether oxygens (including phenoxy) is 1. The molecule has 0 fully saturated rings. The molecule has 2 rings (SSSR count). The smallest absolute Gasteiger partial charge is 0.266 e. The second kappa shape index (κ2) is 9.10. The van der Waals surface area contributed by atoms with Gasteiger partial charge in [-0.05, 0) is 58.3 Å². The fourth-order valence-corrected chi connectivity index (χ4v) is 3.12. The number of aryl methyl sites for hydroxylation is 1. The van der Waals surface area contributed by atoms with Gasteiger partial charge in [0.2, 0.25) is 0 Å². The molecule has 0 saturated heterocycles. The molecule has 0 bridgehead atoms. The summed E-state index contributed by atoms with van der Waals surface area (Å²) in [5.41, 5.74) is 2.08. The molecule has 0 saturated carbocycles. The van der Waals surface area contributed by atoms with Crippen LogP contribution < -0.4 is 10.1 Å². The first-order valence-electron chi connectivity index (χ1n) is 7.50. The minimum Gasteiger partial charge on any atom is -0.478 e. The van der Waals surface area contributed by atoms with E-state index < -0.39 is 5.91 Å². The molecule has 0 radical (unpaired) electrons. The first kappa shape index (κ1) is 19.6. The van der Waals surface area contributed by atoms with Crippen LogP contribution in [0.5, 0.6) is 5.75 Å². The Balaban J connectivity index is 2.28. The molecule has 1 amide bonds. The normalized spacial score (nSPS) is 10.6. The lowest BCUT2D eigenvalue weighted by molar-refractivity contribution is -0.112. The molecule has 4 nitrogen and oxygen atoms in total. The van der Waals surface area contributed by atoms with Crippen molar-refractivity contribution in [2.24, 2.45) is 0 Å². The Morgan fingerprint density at radius 3 is 2.77 bits per heavy atom. The number of nitrogens with zero attached hydrogens (tertiary/aromatic N) is 1. The molecule has 0 spiro atoms. The van der Waals surface area contributed by atoms with Crippen molar-refractivity contribution in [2.75, 3.05) is 11.9 Å². The number of hydrogen-bond acceptors (Lipinski definition) is 3. The second-order valence-electron chi connectivity index (χ2n) is 5.25. The summed E-state index contributed by atoms with van der Waals surface area (Å²) >= 11 is 9.54. The largest absolute Gasteiger partial charge is 0.478 e. The van der Waals surface area contributed by atoms with Gasteiger partial charge in [0.15, 0.2) is 5.75 Å². The van der Waals surface area contributed by atoms with Crippen molar-refractivity contribution in [3.63, 3.8) is 0 Å². The van der Waals surface area contributed by atoms with E-state index in [2.05, 4.69) is 27.2 Å². The highest BCUT2D eigenvalue weighted by Crippen LogP contribution is 2.35. The van der Waals surface area contributed by atoms with Crippen LogP contribution in [0.3, 0.4) is 0 Å². The Morgan fingerprint density at radius 1 is 1.42 bits per heavy atom. The molecule has 0 atom stereocenters. The Morgan fingerprint density at radius 2 is 2.15 bits per heavy atom. The number of rotatable bonds is 5. The lowest BCUT2D eigenvalue weighted by Gasteiger charge is -2.09. The van der Waals surface area contributed by atoms with Crippen LogP contribution in [0, 0.1) is 30.6 Å². The number of amides is 1. The van der Waals surface area contributed by atoms with Crippen molar-refractivity contribution >= 4 is 45.2 Å². The first-order valence-corrected chi connectivity index (χ1v) is 8.67. The number of para-hydroxylation sites is 1. The average molecular weight is 430 g/mol. The molecular weight excluding hydrogens is 416 g/mol. The van der Waals surface area contributed by atoms with Gasteiger partial charge in [-0.3, -0.25) is 4.79 Å². The molecule has 0 aliphatic heterocycles. The molecule has 2 aromatic rings. The Labute approximate surface area is 165 Å². The van der Waals surface area contributed by atoms with E-state index in [0.717, 1.165) is 5.56 Å². The van der Waals surface area contributed by atoms with Gasteiger partial charge < -0.3 is 10.1 Å². The molecule has 130 valence electrons. The number of anilines is 1. The maximum absolute atomic E-state index is 12.4. The van der Waals surface area contributed by atoms with Crippen molar-refractivity contribution < 1.29 is 9.53 Å². The van der Waals surface area contributed by atoms with Gasteiger partial charge in [-0.25, -0.2) is 0 Å². The van der Waals surface area contributed by atoms with Crippen LogP contribution in [0.2, 0.25) is 5.02 Å². The summed E-state index contributed by atoms with van der Waals surface area (Å²) in [4.78, 5) is 12.4. The SMILES string of the molecule is C#CCOc1c(Cl)cc(/C=C(/C#N)C(=O)Nc2ccccc2C)cc1Br. The number of carbonyl (C=O) groups excluding carboxylic acids is 1. The molecule has 1 N–H and O–H groups in total. The summed E-state index contributed by atoms with van der Waals surface area (Å²) in [5.74, 6) is 2.27. The van der Waals surface area contributed by atoms with E-state index in [-0.39, 0.29) is 12.2 Å². The number of benzene rings is 2. The van der Waals surface area contributed by atoms with E-state index in [0.29, 0.717) is 26.5 Å². The van der Waals surface area contributed by atoms with Crippen LogP contribution in [-0.4, -0.2) is 12.5 Å². The standard InChI is InChI=1S/C20H14BrClN2O2/c1-3-8-26-19-16(21)10-14(11-17(19)22)9-15(12-23)20(25)24-18-7-5-4-6-13(18)2/h1,4-7,9-11H,8H2,2H3,(H,24,25)/b15-9-. The average Bonchev–Trinajstić information content (AvgIpc) is 2.61. The number of hydrogen-bond donors (Lipinski definition) is 1. The van der Waals surface area contributed by atoms with Gasteiger partial charge in [-0.1, -0.05) is 35.7 Å². The molecule has 26 heavy (non-hydrogen) atoms. The molecule has 0 heterocycles. The Kier molecular flexibility index (Phi) is 6.86. The number of halogens is 2. The van der Waals surface area contributed by atoms with E-state index in [1.165, 1.54) is 6.08 Å². The summed E-state index contributed by atoms with van der Waals surface area (Å²) in [7, 11) is 0. The van der Waals surface area contributed by atoms with Crippen LogP contribution in [0.25, 0.3) is 6.08 Å². The maximum atomic E-state index is 12.4. The minimum atomic E-state index is -0.498. The van der Waals surface area contributed by atoms with Gasteiger partial charge in [-0.15, -0.1) is 6.42 Å². The van der Waals surface area contributed by atoms with Crippen molar-refractivity contribution in [2.45, 2.75) is 6.92 Å². The lowest BCUT2D eigenvalue weighted by atomic mass is 10.1. The predicted octanol–water partition coefficient (Wildman–Crippen LogP) is 4.97. The van der Waals surface area contributed by atoms with E-state index in [9.17, 15) is 10.1 Å². The minimum absolute atomic E-state index is 0.0477. The zero-order chi connectivity index (χ0) is 19.1. The van der Waals surface area contributed by atoms with Crippen molar-refractivity contribution in [1.82, 2.24) is 0 Å². The monoisotopic (exact) mass is 428 g/mol. The summed E-state index contributed by atoms with van der Waals surface area (Å²) in [6, 6.07) is 12.5. The molecule has 6 heteroatoms.